The summed E-state index contributed by atoms with van der Waals surface area (Å²) in [5.41, 5.74) is 0.347. The zero-order valence-corrected chi connectivity index (χ0v) is 16.4. The monoisotopic (exact) mass is 370 g/mol. The van der Waals surface area contributed by atoms with Crippen molar-refractivity contribution >= 4 is 18.3 Å². The molecule has 1 aliphatic heterocycles. The molecule has 1 aromatic rings. The van der Waals surface area contributed by atoms with Crippen LogP contribution in [-0.4, -0.2) is 38.3 Å². The zero-order chi connectivity index (χ0) is 17.6. The molecule has 5 nitrogen and oxygen atoms in total. The Morgan fingerprint density at radius 3 is 2.32 bits per heavy atom. The summed E-state index contributed by atoms with van der Waals surface area (Å²) in [6.07, 6.45) is 1.40. The molecule has 1 atom stereocenters. The summed E-state index contributed by atoms with van der Waals surface area (Å²) >= 11 is 0. The molecule has 0 radical (unpaired) electrons. The third-order valence-corrected chi connectivity index (χ3v) is 4.53. The molecule has 6 heteroatoms. The summed E-state index contributed by atoms with van der Waals surface area (Å²) in [5, 5.41) is 6.36. The van der Waals surface area contributed by atoms with Crippen molar-refractivity contribution in [1.82, 2.24) is 10.6 Å². The second-order valence-electron chi connectivity index (χ2n) is 6.92. The van der Waals surface area contributed by atoms with E-state index in [0.717, 1.165) is 24.4 Å². The lowest BCUT2D eigenvalue weighted by Crippen LogP contribution is -2.54. The van der Waals surface area contributed by atoms with Crippen LogP contribution in [0.5, 0.6) is 5.75 Å². The quantitative estimate of drug-likeness (QED) is 0.774. The Morgan fingerprint density at radius 1 is 1.20 bits per heavy atom. The van der Waals surface area contributed by atoms with Gasteiger partial charge in [-0.25, -0.2) is 0 Å². The van der Waals surface area contributed by atoms with Crippen LogP contribution in [0, 0.1) is 5.92 Å². The van der Waals surface area contributed by atoms with Crippen LogP contribution in [-0.2, 0) is 9.53 Å². The highest BCUT2D eigenvalue weighted by molar-refractivity contribution is 5.86. The van der Waals surface area contributed by atoms with E-state index < -0.39 is 5.60 Å². The number of benzene rings is 1. The molecule has 1 aliphatic rings. The van der Waals surface area contributed by atoms with E-state index in [1.165, 1.54) is 0 Å². The van der Waals surface area contributed by atoms with Crippen LogP contribution in [0.1, 0.15) is 45.2 Å². The molecule has 142 valence electrons. The van der Waals surface area contributed by atoms with Gasteiger partial charge in [-0.3, -0.25) is 4.79 Å². The van der Waals surface area contributed by atoms with Crippen molar-refractivity contribution in [3.05, 3.63) is 29.8 Å². The number of ether oxygens (including phenoxy) is 2. The van der Waals surface area contributed by atoms with E-state index in [4.69, 9.17) is 9.47 Å². The van der Waals surface area contributed by atoms with E-state index in [0.29, 0.717) is 25.4 Å². The zero-order valence-electron chi connectivity index (χ0n) is 15.6. The van der Waals surface area contributed by atoms with Gasteiger partial charge in [0.1, 0.15) is 11.4 Å². The van der Waals surface area contributed by atoms with Gasteiger partial charge in [-0.1, -0.05) is 26.0 Å². The Labute approximate surface area is 157 Å². The van der Waals surface area contributed by atoms with E-state index >= 15 is 0 Å². The Kier molecular flexibility index (Phi) is 8.69. The van der Waals surface area contributed by atoms with Crippen molar-refractivity contribution in [3.8, 4) is 5.75 Å². The molecule has 1 heterocycles. The standard InChI is InChI=1S/C19H30N2O3.ClH/c1-14(2)13-24-17-7-5-16(6-8-17)15(3)21-18(22)19(23-4)9-11-20-12-10-19;/h5-8,14-15,20H,9-13H2,1-4H3,(H,21,22);1H. The molecule has 1 fully saturated rings. The van der Waals surface area contributed by atoms with Gasteiger partial charge in [-0.05, 0) is 56.5 Å². The van der Waals surface area contributed by atoms with Gasteiger partial charge in [-0.2, -0.15) is 0 Å². The second kappa shape index (κ2) is 10.00. The molecule has 2 rings (SSSR count). The predicted octanol–water partition coefficient (Wildman–Crippen LogP) is 3.09. The molecule has 0 bridgehead atoms. The number of piperidine rings is 1. The van der Waals surface area contributed by atoms with E-state index in [1.54, 1.807) is 7.11 Å². The molecule has 1 aromatic carbocycles. The topological polar surface area (TPSA) is 59.6 Å². The number of carbonyl (C=O) groups is 1. The molecule has 0 saturated carbocycles. The Balaban J connectivity index is 0.00000312. The van der Waals surface area contributed by atoms with Crippen LogP contribution < -0.4 is 15.4 Å². The molecule has 0 aromatic heterocycles. The van der Waals surface area contributed by atoms with Crippen LogP contribution in [0.4, 0.5) is 0 Å². The van der Waals surface area contributed by atoms with Gasteiger partial charge in [-0.15, -0.1) is 12.4 Å². The molecule has 2 N–H and O–H groups in total. The number of amides is 1. The van der Waals surface area contributed by atoms with Gasteiger partial charge < -0.3 is 20.1 Å². The summed E-state index contributed by atoms with van der Waals surface area (Å²) in [5.74, 6) is 1.33. The van der Waals surface area contributed by atoms with Crippen molar-refractivity contribution in [1.29, 1.82) is 0 Å². The first kappa shape index (κ1) is 21.7. The van der Waals surface area contributed by atoms with Crippen molar-refractivity contribution in [2.45, 2.75) is 45.3 Å². The van der Waals surface area contributed by atoms with Crippen molar-refractivity contribution < 1.29 is 14.3 Å². The molecular weight excluding hydrogens is 340 g/mol. The SMILES string of the molecule is COC1(C(=O)NC(C)c2ccc(OCC(C)C)cc2)CCNCC1.Cl. The number of rotatable bonds is 7. The minimum Gasteiger partial charge on any atom is -0.493 e. The van der Waals surface area contributed by atoms with Gasteiger partial charge in [0, 0.05) is 7.11 Å². The first-order valence-corrected chi connectivity index (χ1v) is 8.76. The summed E-state index contributed by atoms with van der Waals surface area (Å²) in [7, 11) is 1.62. The fourth-order valence-electron chi connectivity index (χ4n) is 2.88. The van der Waals surface area contributed by atoms with Gasteiger partial charge >= 0.3 is 0 Å². The minimum atomic E-state index is -0.709. The van der Waals surface area contributed by atoms with Crippen LogP contribution in [0.25, 0.3) is 0 Å². The Bertz CT molecular complexity index is 528. The molecule has 1 amide bonds. The summed E-state index contributed by atoms with van der Waals surface area (Å²) in [6, 6.07) is 7.84. The van der Waals surface area contributed by atoms with Gasteiger partial charge in [0.2, 0.25) is 0 Å². The predicted molar refractivity (Wildman–Crippen MR) is 102 cm³/mol. The molecule has 25 heavy (non-hydrogen) atoms. The summed E-state index contributed by atoms with van der Waals surface area (Å²) in [4.78, 5) is 12.7. The fourth-order valence-corrected chi connectivity index (χ4v) is 2.88. The van der Waals surface area contributed by atoms with Gasteiger partial charge in [0.15, 0.2) is 0 Å². The fraction of sp³-hybridized carbons (Fsp3) is 0.632. The van der Waals surface area contributed by atoms with E-state index in [-0.39, 0.29) is 24.4 Å². The number of hydrogen-bond acceptors (Lipinski definition) is 4. The second-order valence-corrected chi connectivity index (χ2v) is 6.92. The minimum absolute atomic E-state index is 0. The van der Waals surface area contributed by atoms with Crippen molar-refractivity contribution in [3.63, 3.8) is 0 Å². The lowest BCUT2D eigenvalue weighted by Gasteiger charge is -2.35. The third kappa shape index (κ3) is 5.87. The number of nitrogens with one attached hydrogen (secondary N) is 2. The third-order valence-electron chi connectivity index (χ3n) is 4.53. The van der Waals surface area contributed by atoms with E-state index in [1.807, 2.05) is 31.2 Å². The first-order chi connectivity index (χ1) is 11.5. The first-order valence-electron chi connectivity index (χ1n) is 8.76. The highest BCUT2D eigenvalue weighted by atomic mass is 35.5. The average Bonchev–Trinajstić information content (AvgIpc) is 2.60. The van der Waals surface area contributed by atoms with Crippen LogP contribution >= 0.6 is 12.4 Å². The number of halogens is 1. The Hall–Kier alpha value is -1.30. The lowest BCUT2D eigenvalue weighted by atomic mass is 9.90. The summed E-state index contributed by atoms with van der Waals surface area (Å²) in [6.45, 7) is 8.55. The van der Waals surface area contributed by atoms with Gasteiger partial charge in [0.25, 0.3) is 5.91 Å². The highest BCUT2D eigenvalue weighted by Crippen LogP contribution is 2.25. The normalized spacial score (nSPS) is 17.5. The van der Waals surface area contributed by atoms with Crippen LogP contribution in [0.2, 0.25) is 0 Å². The maximum absolute atomic E-state index is 12.7. The van der Waals surface area contributed by atoms with Crippen LogP contribution in [0.3, 0.4) is 0 Å². The number of hydrogen-bond donors (Lipinski definition) is 2. The molecule has 1 saturated heterocycles. The molecule has 0 aliphatic carbocycles. The smallest absolute Gasteiger partial charge is 0.252 e. The molecular formula is C19H31ClN2O3. The lowest BCUT2D eigenvalue weighted by molar-refractivity contribution is -0.147. The Morgan fingerprint density at radius 2 is 1.80 bits per heavy atom. The average molecular weight is 371 g/mol. The summed E-state index contributed by atoms with van der Waals surface area (Å²) < 4.78 is 11.3. The van der Waals surface area contributed by atoms with Crippen molar-refractivity contribution in [2.75, 3.05) is 26.8 Å². The number of methoxy groups -OCH3 is 1. The maximum atomic E-state index is 12.7. The van der Waals surface area contributed by atoms with E-state index in [9.17, 15) is 4.79 Å². The van der Waals surface area contributed by atoms with Crippen LogP contribution in [0.15, 0.2) is 24.3 Å². The molecule has 1 unspecified atom stereocenters. The number of carbonyl (C=O) groups excluding carboxylic acids is 1. The molecule has 0 spiro atoms. The highest BCUT2D eigenvalue weighted by Gasteiger charge is 2.40. The van der Waals surface area contributed by atoms with Crippen molar-refractivity contribution in [2.24, 2.45) is 5.92 Å². The largest absolute Gasteiger partial charge is 0.493 e. The maximum Gasteiger partial charge on any atom is 0.252 e. The van der Waals surface area contributed by atoms with Gasteiger partial charge in [0.05, 0.1) is 12.6 Å². The van der Waals surface area contributed by atoms with E-state index in [2.05, 4.69) is 24.5 Å².